The number of nitrogens with two attached hydrogens (primary N) is 1. The fourth-order valence-electron chi connectivity index (χ4n) is 2.23. The molecule has 4 heteroatoms. The van der Waals surface area contributed by atoms with Crippen LogP contribution in [0.25, 0.3) is 0 Å². The van der Waals surface area contributed by atoms with Crippen molar-refractivity contribution in [2.24, 2.45) is 5.92 Å². The zero-order valence-electron chi connectivity index (χ0n) is 9.72. The van der Waals surface area contributed by atoms with E-state index in [0.717, 1.165) is 25.5 Å². The quantitative estimate of drug-likeness (QED) is 0.841. The molecule has 0 unspecified atom stereocenters. The minimum atomic E-state index is 0.623. The van der Waals surface area contributed by atoms with Gasteiger partial charge in [0, 0.05) is 20.2 Å². The third-order valence-corrected chi connectivity index (χ3v) is 3.02. The van der Waals surface area contributed by atoms with Gasteiger partial charge in [0.2, 0.25) is 0 Å². The summed E-state index contributed by atoms with van der Waals surface area (Å²) in [5.41, 5.74) is 6.35. The maximum Gasteiger partial charge on any atom is 0.128 e. The second-order valence-corrected chi connectivity index (χ2v) is 4.36. The molecule has 0 radical (unpaired) electrons. The van der Waals surface area contributed by atoms with Gasteiger partial charge >= 0.3 is 0 Å². The number of rotatable bonds is 3. The fourth-order valence-corrected chi connectivity index (χ4v) is 2.23. The van der Waals surface area contributed by atoms with Gasteiger partial charge in [-0.25, -0.2) is 4.98 Å². The van der Waals surface area contributed by atoms with Gasteiger partial charge in [0.25, 0.3) is 0 Å². The van der Waals surface area contributed by atoms with E-state index < -0.39 is 0 Å². The Morgan fingerprint density at radius 1 is 1.56 bits per heavy atom. The van der Waals surface area contributed by atoms with Crippen LogP contribution in [-0.2, 0) is 4.74 Å². The number of piperidine rings is 1. The molecule has 2 heterocycles. The summed E-state index contributed by atoms with van der Waals surface area (Å²) in [6, 6.07) is 3.90. The highest BCUT2D eigenvalue weighted by molar-refractivity contribution is 5.46. The molecule has 4 nitrogen and oxygen atoms in total. The molecule has 1 fully saturated rings. The van der Waals surface area contributed by atoms with E-state index in [2.05, 4.69) is 9.88 Å². The molecule has 2 N–H and O–H groups in total. The molecule has 0 spiro atoms. The topological polar surface area (TPSA) is 51.4 Å². The van der Waals surface area contributed by atoms with Crippen LogP contribution in [0.4, 0.5) is 11.5 Å². The van der Waals surface area contributed by atoms with E-state index >= 15 is 0 Å². The SMILES string of the molecule is COC[C@@H]1CCCN(c2ccc(N)cn2)C1. The summed E-state index contributed by atoms with van der Waals surface area (Å²) < 4.78 is 5.22. The first kappa shape index (κ1) is 11.2. The molecular weight excluding hydrogens is 202 g/mol. The number of aromatic nitrogens is 1. The molecule has 0 bridgehead atoms. The Morgan fingerprint density at radius 2 is 2.44 bits per heavy atom. The fraction of sp³-hybridized carbons (Fsp3) is 0.583. The van der Waals surface area contributed by atoms with Gasteiger partial charge in [-0.2, -0.15) is 0 Å². The maximum absolute atomic E-state index is 5.63. The molecule has 1 aliphatic heterocycles. The predicted molar refractivity (Wildman–Crippen MR) is 65.5 cm³/mol. The standard InChI is InChI=1S/C12H19N3O/c1-16-9-10-3-2-6-15(8-10)12-5-4-11(13)7-14-12/h4-5,7,10H,2-3,6,8-9,13H2,1H3/t10-/m1/s1. The summed E-state index contributed by atoms with van der Waals surface area (Å²) in [6.45, 7) is 2.95. The van der Waals surface area contributed by atoms with Gasteiger partial charge in [-0.3, -0.25) is 0 Å². The molecule has 1 saturated heterocycles. The number of hydrogen-bond acceptors (Lipinski definition) is 4. The smallest absolute Gasteiger partial charge is 0.128 e. The van der Waals surface area contributed by atoms with Crippen LogP contribution in [0.2, 0.25) is 0 Å². The third-order valence-electron chi connectivity index (χ3n) is 3.02. The molecule has 16 heavy (non-hydrogen) atoms. The van der Waals surface area contributed by atoms with Gasteiger partial charge in [0.05, 0.1) is 18.5 Å². The van der Waals surface area contributed by atoms with Crippen LogP contribution in [0, 0.1) is 5.92 Å². The normalized spacial score (nSPS) is 21.1. The monoisotopic (exact) mass is 221 g/mol. The van der Waals surface area contributed by atoms with Crippen LogP contribution in [0.3, 0.4) is 0 Å². The molecule has 0 aromatic carbocycles. The third kappa shape index (κ3) is 2.64. The van der Waals surface area contributed by atoms with E-state index in [-0.39, 0.29) is 0 Å². The second kappa shape index (κ2) is 5.16. The van der Waals surface area contributed by atoms with Crippen molar-refractivity contribution in [2.75, 3.05) is 37.4 Å². The molecule has 1 aliphatic rings. The zero-order chi connectivity index (χ0) is 11.4. The van der Waals surface area contributed by atoms with Gasteiger partial charge in [0.15, 0.2) is 0 Å². The summed E-state index contributed by atoms with van der Waals surface area (Å²) in [4.78, 5) is 6.67. The van der Waals surface area contributed by atoms with Crippen molar-refractivity contribution in [1.29, 1.82) is 0 Å². The van der Waals surface area contributed by atoms with E-state index in [4.69, 9.17) is 10.5 Å². The molecule has 1 atom stereocenters. The average molecular weight is 221 g/mol. The van der Waals surface area contributed by atoms with Gasteiger partial charge in [-0.15, -0.1) is 0 Å². The molecule has 0 saturated carbocycles. The van der Waals surface area contributed by atoms with E-state index in [1.165, 1.54) is 12.8 Å². The highest BCUT2D eigenvalue weighted by atomic mass is 16.5. The van der Waals surface area contributed by atoms with E-state index in [0.29, 0.717) is 11.6 Å². The first-order valence-corrected chi connectivity index (χ1v) is 5.75. The van der Waals surface area contributed by atoms with Crippen molar-refractivity contribution in [2.45, 2.75) is 12.8 Å². The van der Waals surface area contributed by atoms with Crippen LogP contribution >= 0.6 is 0 Å². The molecular formula is C12H19N3O. The first-order valence-electron chi connectivity index (χ1n) is 5.75. The highest BCUT2D eigenvalue weighted by Crippen LogP contribution is 2.21. The first-order chi connectivity index (χ1) is 7.79. The van der Waals surface area contributed by atoms with E-state index in [1.807, 2.05) is 12.1 Å². The summed E-state index contributed by atoms with van der Waals surface area (Å²) in [6.07, 6.45) is 4.18. The van der Waals surface area contributed by atoms with Gasteiger partial charge in [-0.1, -0.05) is 0 Å². The second-order valence-electron chi connectivity index (χ2n) is 4.36. The molecule has 88 valence electrons. The summed E-state index contributed by atoms with van der Waals surface area (Å²) in [7, 11) is 1.76. The molecule has 0 aliphatic carbocycles. The number of anilines is 2. The number of nitrogens with zero attached hydrogens (tertiary/aromatic N) is 2. The van der Waals surface area contributed by atoms with E-state index in [9.17, 15) is 0 Å². The van der Waals surface area contributed by atoms with Crippen LogP contribution < -0.4 is 10.6 Å². The Labute approximate surface area is 96.4 Å². The number of methoxy groups -OCH3 is 1. The molecule has 1 aromatic rings. The average Bonchev–Trinajstić information content (AvgIpc) is 2.31. The van der Waals surface area contributed by atoms with Crippen LogP contribution in [0.5, 0.6) is 0 Å². The van der Waals surface area contributed by atoms with Crippen molar-refractivity contribution < 1.29 is 4.74 Å². The number of nitrogen functional groups attached to an aromatic ring is 1. The van der Waals surface area contributed by atoms with Crippen LogP contribution in [0.15, 0.2) is 18.3 Å². The number of hydrogen-bond donors (Lipinski definition) is 1. The van der Waals surface area contributed by atoms with Crippen molar-refractivity contribution in [3.63, 3.8) is 0 Å². The Hall–Kier alpha value is -1.29. The minimum Gasteiger partial charge on any atom is -0.397 e. The number of pyridine rings is 1. The summed E-state index contributed by atoms with van der Waals surface area (Å²) in [5, 5.41) is 0. The van der Waals surface area contributed by atoms with Gasteiger partial charge in [-0.05, 0) is 30.9 Å². The van der Waals surface area contributed by atoms with Gasteiger partial charge < -0.3 is 15.4 Å². The minimum absolute atomic E-state index is 0.623. The van der Waals surface area contributed by atoms with Crippen LogP contribution in [0.1, 0.15) is 12.8 Å². The maximum atomic E-state index is 5.63. The Kier molecular flexibility index (Phi) is 3.62. The van der Waals surface area contributed by atoms with Crippen molar-refractivity contribution >= 4 is 11.5 Å². The zero-order valence-corrected chi connectivity index (χ0v) is 9.72. The highest BCUT2D eigenvalue weighted by Gasteiger charge is 2.20. The lowest BCUT2D eigenvalue weighted by Crippen LogP contribution is -2.37. The lowest BCUT2D eigenvalue weighted by atomic mass is 9.99. The molecule has 1 aromatic heterocycles. The summed E-state index contributed by atoms with van der Waals surface area (Å²) >= 11 is 0. The van der Waals surface area contributed by atoms with Crippen LogP contribution in [-0.4, -0.2) is 31.8 Å². The van der Waals surface area contributed by atoms with Crippen molar-refractivity contribution in [3.05, 3.63) is 18.3 Å². The lowest BCUT2D eigenvalue weighted by Gasteiger charge is -2.33. The lowest BCUT2D eigenvalue weighted by molar-refractivity contribution is 0.143. The Morgan fingerprint density at radius 3 is 3.12 bits per heavy atom. The van der Waals surface area contributed by atoms with Crippen molar-refractivity contribution in [3.8, 4) is 0 Å². The summed E-state index contributed by atoms with van der Waals surface area (Å²) in [5.74, 6) is 1.65. The largest absolute Gasteiger partial charge is 0.397 e. The van der Waals surface area contributed by atoms with Crippen molar-refractivity contribution in [1.82, 2.24) is 4.98 Å². The van der Waals surface area contributed by atoms with Gasteiger partial charge in [0.1, 0.15) is 5.82 Å². The Balaban J connectivity index is 2.01. The Bertz CT molecular complexity index is 324. The predicted octanol–water partition coefficient (Wildman–Crippen LogP) is 1.53. The molecule has 0 amide bonds. The molecule has 2 rings (SSSR count). The van der Waals surface area contributed by atoms with E-state index in [1.54, 1.807) is 13.3 Å². The number of ether oxygens (including phenoxy) is 1.